The van der Waals surface area contributed by atoms with Gasteiger partial charge in [-0.2, -0.15) is 5.10 Å². The first-order chi connectivity index (χ1) is 14.2. The Kier molecular flexibility index (Phi) is 5.76. The van der Waals surface area contributed by atoms with Crippen LogP contribution >= 0.6 is 15.9 Å². The van der Waals surface area contributed by atoms with Crippen molar-refractivity contribution in [3.8, 4) is 17.2 Å². The second kappa shape index (κ2) is 8.79. The lowest BCUT2D eigenvalue weighted by Gasteiger charge is -2.07. The number of fused-ring (bicyclic) bond motifs is 1. The first-order valence-corrected chi connectivity index (χ1v) is 9.67. The molecule has 0 bridgehead atoms. The van der Waals surface area contributed by atoms with Crippen LogP contribution in [0.15, 0.2) is 76.3 Å². The van der Waals surface area contributed by atoms with Gasteiger partial charge in [0.15, 0.2) is 11.5 Å². The summed E-state index contributed by atoms with van der Waals surface area (Å²) in [5.74, 6) is 1.57. The molecule has 0 radical (unpaired) electrons. The minimum absolute atomic E-state index is 0.165. The molecule has 0 aliphatic carbocycles. The van der Waals surface area contributed by atoms with Crippen molar-refractivity contribution in [1.82, 2.24) is 5.43 Å². The van der Waals surface area contributed by atoms with Crippen LogP contribution in [-0.2, 0) is 6.61 Å². The number of hydrazone groups is 1. The first kappa shape index (κ1) is 19.0. The number of benzene rings is 3. The zero-order chi connectivity index (χ0) is 20.1. The maximum Gasteiger partial charge on any atom is 0.271 e. The fraction of sp³-hybridized carbons (Fsp3) is 0.0909. The SMILES string of the molecule is O=C(N/N=C\c1cccc(OCc2ccc(Br)cc2)c1)c1ccc2c(c1)OCO2. The molecule has 1 heterocycles. The highest BCUT2D eigenvalue weighted by Crippen LogP contribution is 2.32. The summed E-state index contributed by atoms with van der Waals surface area (Å²) in [6.07, 6.45) is 1.57. The van der Waals surface area contributed by atoms with Gasteiger partial charge in [0.2, 0.25) is 6.79 Å². The highest BCUT2D eigenvalue weighted by molar-refractivity contribution is 9.10. The van der Waals surface area contributed by atoms with E-state index >= 15 is 0 Å². The van der Waals surface area contributed by atoms with Crippen LogP contribution in [0, 0.1) is 0 Å². The monoisotopic (exact) mass is 452 g/mol. The maximum absolute atomic E-state index is 12.2. The van der Waals surface area contributed by atoms with Crippen molar-refractivity contribution in [2.24, 2.45) is 5.10 Å². The maximum atomic E-state index is 12.2. The second-order valence-electron chi connectivity index (χ2n) is 6.25. The molecule has 1 aliphatic heterocycles. The van der Waals surface area contributed by atoms with Crippen LogP contribution in [-0.4, -0.2) is 18.9 Å². The van der Waals surface area contributed by atoms with Crippen LogP contribution in [0.3, 0.4) is 0 Å². The molecule has 0 aromatic heterocycles. The lowest BCUT2D eigenvalue weighted by Crippen LogP contribution is -2.17. The van der Waals surface area contributed by atoms with Crippen LogP contribution in [0.4, 0.5) is 0 Å². The van der Waals surface area contributed by atoms with Crippen molar-refractivity contribution in [1.29, 1.82) is 0 Å². The fourth-order valence-electron chi connectivity index (χ4n) is 2.70. The molecule has 0 unspecified atom stereocenters. The largest absolute Gasteiger partial charge is 0.489 e. The highest BCUT2D eigenvalue weighted by atomic mass is 79.9. The number of amides is 1. The van der Waals surface area contributed by atoms with E-state index in [-0.39, 0.29) is 12.7 Å². The normalized spacial score (nSPS) is 12.2. The highest BCUT2D eigenvalue weighted by Gasteiger charge is 2.15. The predicted molar refractivity (Wildman–Crippen MR) is 113 cm³/mol. The number of nitrogens with zero attached hydrogens (tertiary/aromatic N) is 1. The summed E-state index contributed by atoms with van der Waals surface area (Å²) >= 11 is 3.42. The summed E-state index contributed by atoms with van der Waals surface area (Å²) in [7, 11) is 0. The molecule has 4 rings (SSSR count). The fourth-order valence-corrected chi connectivity index (χ4v) is 2.96. The Hall–Kier alpha value is -3.32. The van der Waals surface area contributed by atoms with E-state index in [1.54, 1.807) is 24.4 Å². The minimum Gasteiger partial charge on any atom is -0.489 e. The molecule has 1 aliphatic rings. The quantitative estimate of drug-likeness (QED) is 0.440. The van der Waals surface area contributed by atoms with E-state index in [2.05, 4.69) is 26.5 Å². The number of hydrogen-bond acceptors (Lipinski definition) is 5. The number of ether oxygens (including phenoxy) is 3. The van der Waals surface area contributed by atoms with Gasteiger partial charge in [0, 0.05) is 10.0 Å². The van der Waals surface area contributed by atoms with Crippen molar-refractivity contribution < 1.29 is 19.0 Å². The van der Waals surface area contributed by atoms with Gasteiger partial charge in [-0.25, -0.2) is 5.43 Å². The Bertz CT molecular complexity index is 1050. The molecule has 0 saturated heterocycles. The van der Waals surface area contributed by atoms with E-state index in [0.717, 1.165) is 21.3 Å². The summed E-state index contributed by atoms with van der Waals surface area (Å²) in [5, 5.41) is 4.02. The smallest absolute Gasteiger partial charge is 0.271 e. The number of carbonyl (C=O) groups excluding carboxylic acids is 1. The molecule has 0 fully saturated rings. The molecule has 0 atom stereocenters. The molecule has 3 aromatic rings. The van der Waals surface area contributed by atoms with E-state index < -0.39 is 0 Å². The Labute approximate surface area is 176 Å². The molecule has 146 valence electrons. The Morgan fingerprint density at radius 2 is 1.90 bits per heavy atom. The zero-order valence-corrected chi connectivity index (χ0v) is 16.9. The van der Waals surface area contributed by atoms with Gasteiger partial charge in [-0.1, -0.05) is 40.2 Å². The van der Waals surface area contributed by atoms with Gasteiger partial charge in [0.25, 0.3) is 5.91 Å². The van der Waals surface area contributed by atoms with Gasteiger partial charge in [-0.3, -0.25) is 4.79 Å². The molecule has 1 amide bonds. The number of rotatable bonds is 6. The molecular formula is C22H17BrN2O4. The molecule has 0 saturated carbocycles. The van der Waals surface area contributed by atoms with Crippen LogP contribution in [0.5, 0.6) is 17.2 Å². The molecule has 0 spiro atoms. The Morgan fingerprint density at radius 1 is 1.07 bits per heavy atom. The molecule has 6 nitrogen and oxygen atoms in total. The Balaban J connectivity index is 1.34. The second-order valence-corrected chi connectivity index (χ2v) is 7.17. The minimum atomic E-state index is -0.331. The third-order valence-corrected chi connectivity index (χ3v) is 4.72. The number of nitrogens with one attached hydrogen (secondary N) is 1. The summed E-state index contributed by atoms with van der Waals surface area (Å²) in [5.41, 5.74) is 4.83. The van der Waals surface area contributed by atoms with Gasteiger partial charge in [-0.15, -0.1) is 0 Å². The molecule has 29 heavy (non-hydrogen) atoms. The molecule has 1 N–H and O–H groups in total. The van der Waals surface area contributed by atoms with Crippen LogP contribution in [0.25, 0.3) is 0 Å². The lowest BCUT2D eigenvalue weighted by atomic mass is 10.2. The van der Waals surface area contributed by atoms with Gasteiger partial charge >= 0.3 is 0 Å². The van der Waals surface area contributed by atoms with E-state index in [1.807, 2.05) is 48.5 Å². The number of carbonyl (C=O) groups is 1. The first-order valence-electron chi connectivity index (χ1n) is 8.88. The number of hydrogen-bond donors (Lipinski definition) is 1. The average molecular weight is 453 g/mol. The summed E-state index contributed by atoms with van der Waals surface area (Å²) < 4.78 is 17.4. The van der Waals surface area contributed by atoms with E-state index in [1.165, 1.54) is 0 Å². The van der Waals surface area contributed by atoms with Crippen molar-refractivity contribution in [3.63, 3.8) is 0 Å². The molecule has 3 aromatic carbocycles. The topological polar surface area (TPSA) is 69.2 Å². The lowest BCUT2D eigenvalue weighted by molar-refractivity contribution is 0.0954. The molecular weight excluding hydrogens is 436 g/mol. The third kappa shape index (κ3) is 4.94. The third-order valence-electron chi connectivity index (χ3n) is 4.19. The zero-order valence-electron chi connectivity index (χ0n) is 15.3. The standard InChI is InChI=1S/C22H17BrN2O4/c23-18-7-4-15(5-8-18)13-27-19-3-1-2-16(10-19)12-24-25-22(26)17-6-9-20-21(11-17)29-14-28-20/h1-12H,13-14H2,(H,25,26)/b24-12-. The van der Waals surface area contributed by atoms with Crippen molar-refractivity contribution in [2.45, 2.75) is 6.61 Å². The predicted octanol–water partition coefficient (Wildman–Crippen LogP) is 4.52. The van der Waals surface area contributed by atoms with Gasteiger partial charge in [-0.05, 0) is 53.6 Å². The van der Waals surface area contributed by atoms with Crippen molar-refractivity contribution in [3.05, 3.63) is 87.9 Å². The van der Waals surface area contributed by atoms with Crippen molar-refractivity contribution in [2.75, 3.05) is 6.79 Å². The van der Waals surface area contributed by atoms with E-state index in [9.17, 15) is 4.79 Å². The van der Waals surface area contributed by atoms with Gasteiger partial charge < -0.3 is 14.2 Å². The van der Waals surface area contributed by atoms with Gasteiger partial charge in [0.05, 0.1) is 6.21 Å². The van der Waals surface area contributed by atoms with E-state index in [4.69, 9.17) is 14.2 Å². The average Bonchev–Trinajstić information content (AvgIpc) is 3.21. The van der Waals surface area contributed by atoms with Crippen LogP contribution in [0.1, 0.15) is 21.5 Å². The van der Waals surface area contributed by atoms with E-state index in [0.29, 0.717) is 23.7 Å². The summed E-state index contributed by atoms with van der Waals surface area (Å²) in [6.45, 7) is 0.632. The van der Waals surface area contributed by atoms with Crippen molar-refractivity contribution >= 4 is 28.1 Å². The number of halogens is 1. The van der Waals surface area contributed by atoms with Gasteiger partial charge in [0.1, 0.15) is 12.4 Å². The van der Waals surface area contributed by atoms with Crippen LogP contribution < -0.4 is 19.6 Å². The summed E-state index contributed by atoms with van der Waals surface area (Å²) in [6, 6.07) is 20.4. The molecule has 7 heteroatoms. The summed E-state index contributed by atoms with van der Waals surface area (Å²) in [4.78, 5) is 12.2. The van der Waals surface area contributed by atoms with Crippen LogP contribution in [0.2, 0.25) is 0 Å². The Morgan fingerprint density at radius 3 is 2.76 bits per heavy atom.